The molecule has 0 atom stereocenters. The van der Waals surface area contributed by atoms with Gasteiger partial charge < -0.3 is 4.98 Å². The van der Waals surface area contributed by atoms with Crippen LogP contribution < -0.4 is 4.90 Å². The van der Waals surface area contributed by atoms with Crippen molar-refractivity contribution in [3.63, 3.8) is 0 Å². The maximum atomic E-state index is 12.4. The van der Waals surface area contributed by atoms with Gasteiger partial charge in [0.2, 0.25) is 5.96 Å². The van der Waals surface area contributed by atoms with Crippen LogP contribution in [-0.2, 0) is 0 Å². The summed E-state index contributed by atoms with van der Waals surface area (Å²) in [5.41, 5.74) is 0.334. The van der Waals surface area contributed by atoms with E-state index in [9.17, 15) is 4.79 Å². The predicted molar refractivity (Wildman–Crippen MR) is 73.3 cm³/mol. The van der Waals surface area contributed by atoms with E-state index in [0.717, 1.165) is 12.5 Å². The molecule has 2 aliphatic heterocycles. The van der Waals surface area contributed by atoms with Crippen LogP contribution in [0.1, 0.15) is 38.2 Å². The van der Waals surface area contributed by atoms with Crippen molar-refractivity contribution < 1.29 is 4.79 Å². The molecule has 0 aromatic carbocycles. The zero-order chi connectivity index (χ0) is 13.8. The molecule has 0 unspecified atom stereocenters. The molecule has 1 amide bonds. The van der Waals surface area contributed by atoms with Gasteiger partial charge >= 0.3 is 0 Å². The van der Waals surface area contributed by atoms with E-state index in [4.69, 9.17) is 4.99 Å². The topological polar surface area (TPSA) is 64.6 Å². The molecule has 0 radical (unpaired) electrons. The third-order valence-electron chi connectivity index (χ3n) is 3.31. The van der Waals surface area contributed by atoms with E-state index < -0.39 is 0 Å². The number of aromatic nitrogens is 2. The van der Waals surface area contributed by atoms with E-state index in [2.05, 4.69) is 23.8 Å². The number of fused-ring (bicyclic) bond motifs is 2. The van der Waals surface area contributed by atoms with Crippen molar-refractivity contribution in [1.29, 1.82) is 0 Å². The number of nitrogens with one attached hydrogen (secondary N) is 1. The lowest BCUT2D eigenvalue weighted by Gasteiger charge is -2.34. The number of imidazole rings is 1. The van der Waals surface area contributed by atoms with Crippen molar-refractivity contribution in [3.8, 4) is 0 Å². The third kappa shape index (κ3) is 1.82. The van der Waals surface area contributed by atoms with Crippen molar-refractivity contribution in [2.24, 2.45) is 10.9 Å². The summed E-state index contributed by atoms with van der Waals surface area (Å²) in [6.45, 7) is 9.80. The van der Waals surface area contributed by atoms with Crippen molar-refractivity contribution in [1.82, 2.24) is 14.9 Å². The lowest BCUT2D eigenvalue weighted by molar-refractivity contribution is 0.0833. The molecular formula is C13H19N5O. The second-order valence-electron chi connectivity index (χ2n) is 6.22. The molecule has 0 bridgehead atoms. The summed E-state index contributed by atoms with van der Waals surface area (Å²) < 4.78 is 0. The smallest absolute Gasteiger partial charge is 0.280 e. The molecule has 0 fully saturated rings. The van der Waals surface area contributed by atoms with Crippen LogP contribution in [0.3, 0.4) is 0 Å². The molecule has 0 aliphatic carbocycles. The van der Waals surface area contributed by atoms with Crippen molar-refractivity contribution in [2.45, 2.75) is 33.2 Å². The number of carbonyl (C=O) groups is 1. The van der Waals surface area contributed by atoms with Crippen LogP contribution in [0.15, 0.2) is 11.3 Å². The number of hydrogen-bond acceptors (Lipinski definition) is 4. The Hall–Kier alpha value is -1.85. The second kappa shape index (κ2) is 3.82. The first kappa shape index (κ1) is 12.2. The number of aliphatic imine (C=N–C) groups is 1. The number of aromatic amines is 1. The van der Waals surface area contributed by atoms with E-state index in [-0.39, 0.29) is 11.4 Å². The predicted octanol–water partition coefficient (Wildman–Crippen LogP) is 1.48. The molecule has 0 saturated heterocycles. The maximum absolute atomic E-state index is 12.4. The quantitative estimate of drug-likeness (QED) is 0.877. The summed E-state index contributed by atoms with van der Waals surface area (Å²) >= 11 is 0. The molecule has 6 nitrogen and oxygen atoms in total. The Morgan fingerprint density at radius 2 is 2.21 bits per heavy atom. The van der Waals surface area contributed by atoms with Crippen LogP contribution in [0.2, 0.25) is 0 Å². The van der Waals surface area contributed by atoms with Crippen molar-refractivity contribution in [2.75, 3.05) is 18.0 Å². The number of rotatable bonds is 2. The van der Waals surface area contributed by atoms with Gasteiger partial charge in [0, 0.05) is 6.54 Å². The third-order valence-corrected chi connectivity index (χ3v) is 3.31. The Labute approximate surface area is 112 Å². The summed E-state index contributed by atoms with van der Waals surface area (Å²) in [5.74, 6) is 1.87. The first-order chi connectivity index (χ1) is 8.89. The van der Waals surface area contributed by atoms with Crippen LogP contribution in [0.4, 0.5) is 5.82 Å². The van der Waals surface area contributed by atoms with Crippen LogP contribution in [0, 0.1) is 5.92 Å². The molecule has 2 aliphatic rings. The van der Waals surface area contributed by atoms with Gasteiger partial charge in [-0.05, 0) is 19.8 Å². The molecule has 3 rings (SSSR count). The minimum Gasteiger partial charge on any atom is -0.339 e. The zero-order valence-corrected chi connectivity index (χ0v) is 11.8. The minimum absolute atomic E-state index is 0.0307. The maximum Gasteiger partial charge on any atom is 0.280 e. The first-order valence-electron chi connectivity index (χ1n) is 6.62. The fraction of sp³-hybridized carbons (Fsp3) is 0.615. The largest absolute Gasteiger partial charge is 0.339 e. The Morgan fingerprint density at radius 1 is 1.47 bits per heavy atom. The molecular weight excluding hydrogens is 242 g/mol. The Morgan fingerprint density at radius 3 is 2.89 bits per heavy atom. The van der Waals surface area contributed by atoms with Gasteiger partial charge in [0.25, 0.3) is 5.91 Å². The molecule has 1 aromatic rings. The molecule has 102 valence electrons. The summed E-state index contributed by atoms with van der Waals surface area (Å²) in [5, 5.41) is 0. The molecule has 1 aromatic heterocycles. The van der Waals surface area contributed by atoms with Gasteiger partial charge in [-0.25, -0.2) is 9.98 Å². The monoisotopic (exact) mass is 261 g/mol. The van der Waals surface area contributed by atoms with Crippen LogP contribution >= 0.6 is 0 Å². The van der Waals surface area contributed by atoms with E-state index in [1.165, 1.54) is 0 Å². The molecule has 0 spiro atoms. The molecule has 0 saturated carbocycles. The Balaban J connectivity index is 2.09. The molecule has 1 N–H and O–H groups in total. The van der Waals surface area contributed by atoms with Crippen molar-refractivity contribution in [3.05, 3.63) is 12.0 Å². The van der Waals surface area contributed by atoms with E-state index in [0.29, 0.717) is 24.0 Å². The number of hydrogen-bond donors (Lipinski definition) is 1. The number of amides is 1. The van der Waals surface area contributed by atoms with Gasteiger partial charge in [0.15, 0.2) is 5.82 Å². The Bertz CT molecular complexity index is 557. The van der Waals surface area contributed by atoms with Gasteiger partial charge in [0.05, 0.1) is 18.4 Å². The zero-order valence-electron chi connectivity index (χ0n) is 11.8. The summed E-state index contributed by atoms with van der Waals surface area (Å²) in [6, 6.07) is 0. The Kier molecular flexibility index (Phi) is 2.45. The van der Waals surface area contributed by atoms with Gasteiger partial charge in [-0.15, -0.1) is 0 Å². The highest BCUT2D eigenvalue weighted by Gasteiger charge is 2.44. The number of nitrogens with zero attached hydrogens (tertiary/aromatic N) is 4. The molecule has 6 heteroatoms. The normalized spacial score (nSPS) is 20.7. The van der Waals surface area contributed by atoms with E-state index >= 15 is 0 Å². The molecule has 3 heterocycles. The average molecular weight is 261 g/mol. The average Bonchev–Trinajstić information content (AvgIpc) is 2.87. The lowest BCUT2D eigenvalue weighted by Crippen LogP contribution is -2.51. The standard InChI is InChI=1S/C13H19N5O/c1-8(2)5-17-10-9(14-7-15-10)11(19)18-6-13(3,4)16-12(17)18/h7-8H,5-6H2,1-4H3,(H,14,15). The van der Waals surface area contributed by atoms with Crippen LogP contribution in [-0.4, -0.2) is 45.4 Å². The van der Waals surface area contributed by atoms with Gasteiger partial charge in [-0.1, -0.05) is 13.8 Å². The van der Waals surface area contributed by atoms with Gasteiger partial charge in [-0.3, -0.25) is 14.6 Å². The number of anilines is 1. The highest BCUT2D eigenvalue weighted by molar-refractivity contribution is 6.18. The summed E-state index contributed by atoms with van der Waals surface area (Å²) in [4.78, 5) is 28.2. The summed E-state index contributed by atoms with van der Waals surface area (Å²) in [6.07, 6.45) is 1.57. The number of H-pyrrole nitrogens is 1. The molecule has 19 heavy (non-hydrogen) atoms. The fourth-order valence-corrected chi connectivity index (χ4v) is 2.60. The first-order valence-corrected chi connectivity index (χ1v) is 6.62. The van der Waals surface area contributed by atoms with Crippen molar-refractivity contribution >= 4 is 17.7 Å². The highest BCUT2D eigenvalue weighted by Crippen LogP contribution is 2.32. The SMILES string of the molecule is CC(C)CN1C2=NC(C)(C)CN2C(=O)c2[nH]cnc21. The second-order valence-corrected chi connectivity index (χ2v) is 6.22. The number of carbonyl (C=O) groups excluding carboxylic acids is 1. The summed E-state index contributed by atoms with van der Waals surface area (Å²) in [7, 11) is 0. The van der Waals surface area contributed by atoms with Gasteiger partial charge in [0.1, 0.15) is 5.69 Å². The van der Waals surface area contributed by atoms with Gasteiger partial charge in [-0.2, -0.15) is 0 Å². The highest BCUT2D eigenvalue weighted by atomic mass is 16.2. The number of guanidine groups is 1. The fourth-order valence-electron chi connectivity index (χ4n) is 2.60. The lowest BCUT2D eigenvalue weighted by atomic mass is 10.1. The van der Waals surface area contributed by atoms with Crippen LogP contribution in [0.5, 0.6) is 0 Å². The van der Waals surface area contributed by atoms with Crippen LogP contribution in [0.25, 0.3) is 0 Å². The minimum atomic E-state index is -0.232. The van der Waals surface area contributed by atoms with E-state index in [1.807, 2.05) is 18.7 Å². The van der Waals surface area contributed by atoms with E-state index in [1.54, 1.807) is 11.2 Å².